The first-order valence-electron chi connectivity index (χ1n) is 7.62. The standard InChI is InChI=1S/C15H23NO4/c1-3-20-14(17)9-5-12(6-9)16-7-10-4-11(8-16)13(10)15(18)19-2/h9-13H,3-8H2,1-2H3. The summed E-state index contributed by atoms with van der Waals surface area (Å²) in [5.74, 6) is 1.06. The number of hydrogen-bond acceptors (Lipinski definition) is 5. The van der Waals surface area contributed by atoms with Gasteiger partial charge in [-0.3, -0.25) is 14.5 Å². The van der Waals surface area contributed by atoms with Crippen molar-refractivity contribution in [3.63, 3.8) is 0 Å². The quantitative estimate of drug-likeness (QED) is 0.721. The maximum atomic E-state index is 11.7. The minimum Gasteiger partial charge on any atom is -0.469 e. The second-order valence-corrected chi connectivity index (χ2v) is 6.33. The fourth-order valence-corrected chi connectivity index (χ4v) is 4.08. The number of esters is 2. The first-order chi connectivity index (χ1) is 9.63. The summed E-state index contributed by atoms with van der Waals surface area (Å²) in [6.07, 6.45) is 2.99. The van der Waals surface area contributed by atoms with E-state index in [9.17, 15) is 9.59 Å². The van der Waals surface area contributed by atoms with E-state index < -0.39 is 0 Å². The third-order valence-corrected chi connectivity index (χ3v) is 5.28. The van der Waals surface area contributed by atoms with E-state index in [1.54, 1.807) is 0 Å². The first kappa shape index (κ1) is 13.9. The van der Waals surface area contributed by atoms with Crippen molar-refractivity contribution < 1.29 is 19.1 Å². The van der Waals surface area contributed by atoms with Gasteiger partial charge in [0.05, 0.1) is 25.6 Å². The Bertz CT molecular complexity index is 393. The van der Waals surface area contributed by atoms with Gasteiger partial charge in [0.1, 0.15) is 0 Å². The number of fused-ring (bicyclic) bond motifs is 2. The summed E-state index contributed by atoms with van der Waals surface area (Å²) in [5, 5.41) is 0. The third kappa shape index (κ3) is 2.22. The topological polar surface area (TPSA) is 55.8 Å². The van der Waals surface area contributed by atoms with Crippen molar-refractivity contribution in [3.05, 3.63) is 0 Å². The largest absolute Gasteiger partial charge is 0.469 e. The smallest absolute Gasteiger partial charge is 0.309 e. The van der Waals surface area contributed by atoms with Crippen molar-refractivity contribution in [2.75, 3.05) is 26.8 Å². The van der Waals surface area contributed by atoms with Crippen LogP contribution in [-0.2, 0) is 19.1 Å². The predicted octanol–water partition coefficient (Wildman–Crippen LogP) is 1.07. The van der Waals surface area contributed by atoms with E-state index in [0.717, 1.165) is 32.4 Å². The Morgan fingerprint density at radius 2 is 1.75 bits per heavy atom. The summed E-state index contributed by atoms with van der Waals surface area (Å²) in [5.41, 5.74) is 0. The van der Waals surface area contributed by atoms with Crippen molar-refractivity contribution in [2.24, 2.45) is 23.7 Å². The number of piperidine rings is 2. The van der Waals surface area contributed by atoms with Crippen LogP contribution in [0.15, 0.2) is 0 Å². The molecule has 4 rings (SSSR count). The van der Waals surface area contributed by atoms with Crippen molar-refractivity contribution in [2.45, 2.75) is 32.2 Å². The van der Waals surface area contributed by atoms with E-state index in [2.05, 4.69) is 4.90 Å². The second-order valence-electron chi connectivity index (χ2n) is 6.33. The number of methoxy groups -OCH3 is 1. The van der Waals surface area contributed by atoms with Crippen molar-refractivity contribution in [1.82, 2.24) is 4.90 Å². The molecule has 0 aromatic rings. The van der Waals surface area contributed by atoms with E-state index in [0.29, 0.717) is 24.5 Å². The molecule has 2 aliphatic carbocycles. The van der Waals surface area contributed by atoms with Gasteiger partial charge in [0.2, 0.25) is 0 Å². The molecule has 4 aliphatic rings. The molecule has 2 saturated carbocycles. The van der Waals surface area contributed by atoms with Gasteiger partial charge in [0.15, 0.2) is 0 Å². The molecule has 0 aromatic heterocycles. The summed E-state index contributed by atoms with van der Waals surface area (Å²) in [4.78, 5) is 25.8. The second kappa shape index (κ2) is 5.35. The average Bonchev–Trinajstić information content (AvgIpc) is 2.37. The monoisotopic (exact) mass is 281 g/mol. The molecule has 2 unspecified atom stereocenters. The van der Waals surface area contributed by atoms with Gasteiger partial charge in [-0.2, -0.15) is 0 Å². The molecule has 4 fully saturated rings. The predicted molar refractivity (Wildman–Crippen MR) is 71.8 cm³/mol. The number of ether oxygens (including phenoxy) is 2. The summed E-state index contributed by atoms with van der Waals surface area (Å²) in [6.45, 7) is 4.28. The zero-order valence-corrected chi connectivity index (χ0v) is 12.2. The fraction of sp³-hybridized carbons (Fsp3) is 0.867. The van der Waals surface area contributed by atoms with Gasteiger partial charge >= 0.3 is 11.9 Å². The van der Waals surface area contributed by atoms with Crippen molar-refractivity contribution in [1.29, 1.82) is 0 Å². The van der Waals surface area contributed by atoms with E-state index in [1.807, 2.05) is 6.92 Å². The lowest BCUT2D eigenvalue weighted by Crippen LogP contribution is -2.62. The normalized spacial score (nSPS) is 39.4. The van der Waals surface area contributed by atoms with E-state index >= 15 is 0 Å². The minimum absolute atomic E-state index is 0.0380. The van der Waals surface area contributed by atoms with Gasteiger partial charge in [-0.05, 0) is 38.0 Å². The lowest BCUT2D eigenvalue weighted by molar-refractivity contribution is -0.168. The Morgan fingerprint density at radius 1 is 1.10 bits per heavy atom. The molecule has 0 radical (unpaired) electrons. The molecule has 2 saturated heterocycles. The lowest BCUT2D eigenvalue weighted by Gasteiger charge is -2.56. The Hall–Kier alpha value is -1.10. The molecular weight excluding hydrogens is 258 g/mol. The summed E-state index contributed by atoms with van der Waals surface area (Å²) >= 11 is 0. The Kier molecular flexibility index (Phi) is 3.71. The highest BCUT2D eigenvalue weighted by atomic mass is 16.5. The highest BCUT2D eigenvalue weighted by Gasteiger charge is 2.53. The Balaban J connectivity index is 1.47. The zero-order chi connectivity index (χ0) is 14.3. The van der Waals surface area contributed by atoms with E-state index in [-0.39, 0.29) is 23.8 Å². The van der Waals surface area contributed by atoms with Crippen LogP contribution in [0.4, 0.5) is 0 Å². The molecule has 0 spiro atoms. The number of rotatable bonds is 4. The van der Waals surface area contributed by atoms with Crippen LogP contribution in [0.5, 0.6) is 0 Å². The summed E-state index contributed by atoms with van der Waals surface area (Å²) in [6, 6.07) is 0.508. The van der Waals surface area contributed by atoms with Gasteiger partial charge in [0.25, 0.3) is 0 Å². The van der Waals surface area contributed by atoms with E-state index in [4.69, 9.17) is 9.47 Å². The van der Waals surface area contributed by atoms with E-state index in [1.165, 1.54) is 7.11 Å². The molecule has 2 bridgehead atoms. The summed E-state index contributed by atoms with van der Waals surface area (Å²) < 4.78 is 9.94. The van der Waals surface area contributed by atoms with Crippen LogP contribution in [0.3, 0.4) is 0 Å². The highest BCUT2D eigenvalue weighted by Crippen LogP contribution is 2.48. The molecule has 2 heterocycles. The lowest BCUT2D eigenvalue weighted by atomic mass is 9.60. The molecular formula is C15H23NO4. The third-order valence-electron chi connectivity index (χ3n) is 5.28. The van der Waals surface area contributed by atoms with Gasteiger partial charge < -0.3 is 9.47 Å². The molecule has 2 aliphatic heterocycles. The van der Waals surface area contributed by atoms with Crippen LogP contribution < -0.4 is 0 Å². The fourth-order valence-electron chi connectivity index (χ4n) is 4.08. The molecule has 5 heteroatoms. The van der Waals surface area contributed by atoms with Crippen LogP contribution in [0.1, 0.15) is 26.2 Å². The first-order valence-corrected chi connectivity index (χ1v) is 7.62. The molecule has 0 aromatic carbocycles. The number of carbonyl (C=O) groups excluding carboxylic acids is 2. The molecule has 0 amide bonds. The van der Waals surface area contributed by atoms with Gasteiger partial charge in [-0.15, -0.1) is 0 Å². The van der Waals surface area contributed by atoms with Gasteiger partial charge in [-0.1, -0.05) is 0 Å². The molecule has 5 nitrogen and oxygen atoms in total. The minimum atomic E-state index is -0.0432. The van der Waals surface area contributed by atoms with Crippen LogP contribution in [0, 0.1) is 23.7 Å². The molecule has 0 N–H and O–H groups in total. The zero-order valence-electron chi connectivity index (χ0n) is 12.2. The molecule has 112 valence electrons. The SMILES string of the molecule is CCOC(=O)C1CC(N2CC3CC(C2)C3C(=O)OC)C1. The number of carbonyl (C=O) groups is 2. The van der Waals surface area contributed by atoms with Crippen LogP contribution in [0.25, 0.3) is 0 Å². The summed E-state index contributed by atoms with van der Waals surface area (Å²) in [7, 11) is 1.48. The Labute approximate surface area is 119 Å². The highest BCUT2D eigenvalue weighted by molar-refractivity contribution is 5.75. The van der Waals surface area contributed by atoms with Gasteiger partial charge in [0, 0.05) is 19.1 Å². The maximum Gasteiger partial charge on any atom is 0.309 e. The Morgan fingerprint density at radius 3 is 2.30 bits per heavy atom. The maximum absolute atomic E-state index is 11.7. The molecule has 20 heavy (non-hydrogen) atoms. The van der Waals surface area contributed by atoms with Gasteiger partial charge in [-0.25, -0.2) is 0 Å². The van der Waals surface area contributed by atoms with Crippen molar-refractivity contribution in [3.8, 4) is 0 Å². The van der Waals surface area contributed by atoms with Crippen molar-refractivity contribution >= 4 is 11.9 Å². The van der Waals surface area contributed by atoms with Crippen LogP contribution in [0.2, 0.25) is 0 Å². The van der Waals surface area contributed by atoms with Crippen LogP contribution >= 0.6 is 0 Å². The van der Waals surface area contributed by atoms with Crippen LogP contribution in [-0.4, -0.2) is 49.7 Å². The number of nitrogens with zero attached hydrogens (tertiary/aromatic N) is 1. The number of hydrogen-bond donors (Lipinski definition) is 0. The molecule has 2 atom stereocenters. The average molecular weight is 281 g/mol.